The van der Waals surface area contributed by atoms with E-state index in [0.717, 1.165) is 4.88 Å². The van der Waals surface area contributed by atoms with Crippen molar-refractivity contribution in [2.75, 3.05) is 5.32 Å². The van der Waals surface area contributed by atoms with Gasteiger partial charge in [-0.05, 0) is 18.2 Å². The van der Waals surface area contributed by atoms with Crippen LogP contribution < -0.4 is 10.1 Å². The molecular formula is C11H8Cl2F2N2OS. The lowest BCUT2D eigenvalue weighted by Gasteiger charge is -2.09. The van der Waals surface area contributed by atoms with Crippen molar-refractivity contribution in [3.63, 3.8) is 0 Å². The van der Waals surface area contributed by atoms with Crippen LogP contribution in [0.2, 0.25) is 9.49 Å². The molecule has 1 aromatic carbocycles. The fraction of sp³-hybridized carbons (Fsp3) is 0.182. The molecule has 0 saturated carbocycles. The third-order valence-electron chi connectivity index (χ3n) is 2.14. The normalized spacial score (nSPS) is 10.8. The summed E-state index contributed by atoms with van der Waals surface area (Å²) >= 11 is 12.9. The minimum absolute atomic E-state index is 0.0527. The van der Waals surface area contributed by atoms with Gasteiger partial charge in [-0.25, -0.2) is 4.98 Å². The van der Waals surface area contributed by atoms with Gasteiger partial charge in [0.15, 0.2) is 4.47 Å². The maximum Gasteiger partial charge on any atom is 0.387 e. The summed E-state index contributed by atoms with van der Waals surface area (Å²) in [5.74, 6) is -0.0527. The molecule has 0 aliphatic heterocycles. The van der Waals surface area contributed by atoms with Crippen molar-refractivity contribution in [2.45, 2.75) is 13.2 Å². The van der Waals surface area contributed by atoms with Crippen LogP contribution in [0.1, 0.15) is 4.88 Å². The number of nitrogens with zero attached hydrogens (tertiary/aromatic N) is 1. The number of alkyl halides is 2. The zero-order valence-electron chi connectivity index (χ0n) is 9.37. The molecule has 0 aliphatic rings. The summed E-state index contributed by atoms with van der Waals surface area (Å²) in [6.07, 6.45) is 1.66. The van der Waals surface area contributed by atoms with E-state index in [4.69, 9.17) is 23.2 Å². The van der Waals surface area contributed by atoms with E-state index < -0.39 is 6.61 Å². The molecule has 0 radical (unpaired) electrons. The molecule has 0 amide bonds. The third kappa shape index (κ3) is 4.19. The van der Waals surface area contributed by atoms with Crippen LogP contribution in [0.3, 0.4) is 0 Å². The fourth-order valence-electron chi connectivity index (χ4n) is 1.36. The Kier molecular flexibility index (Phi) is 4.79. The lowest BCUT2D eigenvalue weighted by molar-refractivity contribution is -0.0497. The molecule has 3 nitrogen and oxygen atoms in total. The quantitative estimate of drug-likeness (QED) is 0.868. The molecule has 1 heterocycles. The Balaban J connectivity index is 1.99. The van der Waals surface area contributed by atoms with Gasteiger partial charge in [0.2, 0.25) is 0 Å². The molecular weight excluding hydrogens is 317 g/mol. The molecule has 19 heavy (non-hydrogen) atoms. The van der Waals surface area contributed by atoms with Crippen molar-refractivity contribution in [3.05, 3.63) is 38.8 Å². The van der Waals surface area contributed by atoms with Gasteiger partial charge in [-0.1, -0.05) is 23.2 Å². The summed E-state index contributed by atoms with van der Waals surface area (Å²) < 4.78 is 28.8. The van der Waals surface area contributed by atoms with Crippen LogP contribution in [-0.4, -0.2) is 11.6 Å². The van der Waals surface area contributed by atoms with Gasteiger partial charge in [0.05, 0.1) is 11.6 Å². The molecule has 1 aromatic heterocycles. The van der Waals surface area contributed by atoms with Gasteiger partial charge in [0.25, 0.3) is 0 Å². The fourth-order valence-corrected chi connectivity index (χ4v) is 2.50. The zero-order chi connectivity index (χ0) is 13.8. The Hall–Kier alpha value is -1.11. The number of thiazole rings is 1. The van der Waals surface area contributed by atoms with Crippen LogP contribution in [0.25, 0.3) is 0 Å². The zero-order valence-corrected chi connectivity index (χ0v) is 11.7. The average Bonchev–Trinajstić information content (AvgIpc) is 2.75. The molecule has 0 bridgehead atoms. The SMILES string of the molecule is FC(F)Oc1ccc(NCc2cnc(Cl)s2)cc1Cl. The molecule has 0 aliphatic carbocycles. The molecule has 2 aromatic rings. The lowest BCUT2D eigenvalue weighted by atomic mass is 10.3. The Morgan fingerprint density at radius 1 is 1.37 bits per heavy atom. The molecule has 8 heteroatoms. The number of rotatable bonds is 5. The van der Waals surface area contributed by atoms with Crippen molar-refractivity contribution in [1.82, 2.24) is 4.98 Å². The molecule has 102 valence electrons. The van der Waals surface area contributed by atoms with Crippen LogP contribution >= 0.6 is 34.5 Å². The number of hydrogen-bond donors (Lipinski definition) is 1. The smallest absolute Gasteiger partial charge is 0.387 e. The Morgan fingerprint density at radius 3 is 2.74 bits per heavy atom. The summed E-state index contributed by atoms with van der Waals surface area (Å²) in [6.45, 7) is -2.37. The Bertz CT molecular complexity index is 565. The predicted octanol–water partition coefficient (Wildman–Crippen LogP) is 4.66. The van der Waals surface area contributed by atoms with E-state index in [2.05, 4.69) is 15.0 Å². The Labute approximate surface area is 122 Å². The average molecular weight is 325 g/mol. The van der Waals surface area contributed by atoms with Gasteiger partial charge in [-0.3, -0.25) is 0 Å². The van der Waals surface area contributed by atoms with Crippen LogP contribution in [-0.2, 0) is 6.54 Å². The van der Waals surface area contributed by atoms with Crippen molar-refractivity contribution in [2.24, 2.45) is 0 Å². The van der Waals surface area contributed by atoms with Crippen molar-refractivity contribution in [1.29, 1.82) is 0 Å². The number of nitrogens with one attached hydrogen (secondary N) is 1. The maximum atomic E-state index is 12.1. The Morgan fingerprint density at radius 2 is 2.16 bits per heavy atom. The summed E-state index contributed by atoms with van der Waals surface area (Å²) in [4.78, 5) is 4.86. The maximum absolute atomic E-state index is 12.1. The second kappa shape index (κ2) is 6.36. The first-order chi connectivity index (χ1) is 9.04. The molecule has 1 N–H and O–H groups in total. The highest BCUT2D eigenvalue weighted by atomic mass is 35.5. The highest BCUT2D eigenvalue weighted by molar-refractivity contribution is 7.15. The summed E-state index contributed by atoms with van der Waals surface area (Å²) in [5, 5.41) is 3.20. The van der Waals surface area contributed by atoms with Gasteiger partial charge < -0.3 is 10.1 Å². The van der Waals surface area contributed by atoms with Gasteiger partial charge in [0.1, 0.15) is 5.75 Å². The van der Waals surface area contributed by atoms with Crippen LogP contribution in [0.4, 0.5) is 14.5 Å². The highest BCUT2D eigenvalue weighted by Crippen LogP contribution is 2.29. The first-order valence-electron chi connectivity index (χ1n) is 5.13. The topological polar surface area (TPSA) is 34.1 Å². The van der Waals surface area contributed by atoms with Crippen molar-refractivity contribution in [3.8, 4) is 5.75 Å². The summed E-state index contributed by atoms with van der Waals surface area (Å²) in [6, 6.07) is 4.50. The molecule has 0 saturated heterocycles. The van der Waals surface area contributed by atoms with Crippen molar-refractivity contribution < 1.29 is 13.5 Å². The van der Waals surface area contributed by atoms with E-state index in [1.54, 1.807) is 12.3 Å². The van der Waals surface area contributed by atoms with E-state index in [0.29, 0.717) is 16.7 Å². The van der Waals surface area contributed by atoms with E-state index in [1.807, 2.05) is 0 Å². The molecule has 2 rings (SSSR count). The summed E-state index contributed by atoms with van der Waals surface area (Å²) in [5.41, 5.74) is 0.691. The van der Waals surface area contributed by atoms with Gasteiger partial charge in [0, 0.05) is 16.8 Å². The van der Waals surface area contributed by atoms with Crippen LogP contribution in [0, 0.1) is 0 Å². The minimum Gasteiger partial charge on any atom is -0.433 e. The van der Waals surface area contributed by atoms with E-state index >= 15 is 0 Å². The van der Waals surface area contributed by atoms with Crippen LogP contribution in [0.15, 0.2) is 24.4 Å². The largest absolute Gasteiger partial charge is 0.433 e. The standard InChI is InChI=1S/C11H8Cl2F2N2OS/c12-8-3-6(1-2-9(8)18-11(14)15)16-4-7-5-17-10(13)19-7/h1-3,5,11,16H,4H2. The second-order valence-electron chi connectivity index (χ2n) is 3.46. The highest BCUT2D eigenvalue weighted by Gasteiger charge is 2.09. The van der Waals surface area contributed by atoms with Gasteiger partial charge in [-0.2, -0.15) is 8.78 Å². The molecule has 0 unspecified atom stereocenters. The first-order valence-corrected chi connectivity index (χ1v) is 6.70. The van der Waals surface area contributed by atoms with E-state index in [-0.39, 0.29) is 10.8 Å². The van der Waals surface area contributed by atoms with Gasteiger partial charge in [-0.15, -0.1) is 11.3 Å². The molecule has 0 fully saturated rings. The minimum atomic E-state index is -2.89. The van der Waals surface area contributed by atoms with Crippen LogP contribution in [0.5, 0.6) is 5.75 Å². The van der Waals surface area contributed by atoms with E-state index in [1.165, 1.54) is 23.5 Å². The predicted molar refractivity (Wildman–Crippen MR) is 72.5 cm³/mol. The second-order valence-corrected chi connectivity index (χ2v) is 5.56. The van der Waals surface area contributed by atoms with E-state index in [9.17, 15) is 8.78 Å². The summed E-state index contributed by atoms with van der Waals surface area (Å²) in [7, 11) is 0. The number of halogens is 4. The monoisotopic (exact) mass is 324 g/mol. The third-order valence-corrected chi connectivity index (χ3v) is 3.55. The number of benzene rings is 1. The number of hydrogen-bond acceptors (Lipinski definition) is 4. The molecule has 0 atom stereocenters. The number of anilines is 1. The number of ether oxygens (including phenoxy) is 1. The first kappa shape index (κ1) is 14.3. The van der Waals surface area contributed by atoms with Gasteiger partial charge >= 0.3 is 6.61 Å². The van der Waals surface area contributed by atoms with Crippen molar-refractivity contribution >= 4 is 40.2 Å². The lowest BCUT2D eigenvalue weighted by Crippen LogP contribution is -2.03. The number of aromatic nitrogens is 1. The molecule has 0 spiro atoms.